The maximum atomic E-state index is 13.1. The number of nitrogens with zero attached hydrogens (tertiary/aromatic N) is 1. The predicted octanol–water partition coefficient (Wildman–Crippen LogP) is 2.45. The standard InChI is InChI=1S/C16H18FNO3S/c1-10-15(22-7-6-21-10)16(20)18-9-13(19)8-14(18)11-2-4-12(17)5-3-11/h2-5,13-14,19H,6-9H2,1H3/t13-,14-/m0/s1. The Bertz CT molecular complexity index is 602. The molecule has 1 N–H and O–H groups in total. The number of allylic oxidation sites excluding steroid dienone is 1. The summed E-state index contributed by atoms with van der Waals surface area (Å²) >= 11 is 1.49. The van der Waals surface area contributed by atoms with Gasteiger partial charge in [-0.2, -0.15) is 0 Å². The van der Waals surface area contributed by atoms with Crippen LogP contribution in [0.3, 0.4) is 0 Å². The zero-order valence-corrected chi connectivity index (χ0v) is 13.1. The number of carbonyl (C=O) groups is 1. The number of thioether (sulfide) groups is 1. The zero-order valence-electron chi connectivity index (χ0n) is 12.3. The molecule has 1 aromatic carbocycles. The topological polar surface area (TPSA) is 49.8 Å². The third-order valence-electron chi connectivity index (χ3n) is 3.96. The van der Waals surface area contributed by atoms with Gasteiger partial charge in [0, 0.05) is 12.3 Å². The molecule has 0 aliphatic carbocycles. The summed E-state index contributed by atoms with van der Waals surface area (Å²) in [5.74, 6) is 0.958. The van der Waals surface area contributed by atoms with Crippen molar-refractivity contribution in [2.24, 2.45) is 0 Å². The lowest BCUT2D eigenvalue weighted by molar-refractivity contribution is -0.127. The van der Waals surface area contributed by atoms with Crippen LogP contribution in [0.1, 0.15) is 24.9 Å². The molecule has 118 valence electrons. The summed E-state index contributed by atoms with van der Waals surface area (Å²) in [4.78, 5) is 15.1. The Kier molecular flexibility index (Phi) is 4.40. The number of likely N-dealkylation sites (tertiary alicyclic amines) is 1. The average molecular weight is 323 g/mol. The molecule has 3 rings (SSSR count). The molecule has 6 heteroatoms. The first-order chi connectivity index (χ1) is 10.6. The van der Waals surface area contributed by atoms with Crippen LogP contribution in [-0.4, -0.2) is 40.9 Å². The van der Waals surface area contributed by atoms with Gasteiger partial charge in [-0.05, 0) is 31.0 Å². The molecule has 1 aromatic rings. The maximum Gasteiger partial charge on any atom is 0.264 e. The summed E-state index contributed by atoms with van der Waals surface area (Å²) in [7, 11) is 0. The molecule has 1 saturated heterocycles. The lowest BCUT2D eigenvalue weighted by Crippen LogP contribution is -2.33. The van der Waals surface area contributed by atoms with Crippen LogP contribution in [0.2, 0.25) is 0 Å². The highest BCUT2D eigenvalue weighted by Gasteiger charge is 2.37. The van der Waals surface area contributed by atoms with Gasteiger partial charge in [-0.15, -0.1) is 11.8 Å². The van der Waals surface area contributed by atoms with E-state index in [-0.39, 0.29) is 24.3 Å². The molecule has 0 bridgehead atoms. The quantitative estimate of drug-likeness (QED) is 0.908. The van der Waals surface area contributed by atoms with Gasteiger partial charge in [-0.1, -0.05) is 12.1 Å². The van der Waals surface area contributed by atoms with Crippen molar-refractivity contribution >= 4 is 17.7 Å². The number of amides is 1. The van der Waals surface area contributed by atoms with E-state index in [9.17, 15) is 14.3 Å². The fraction of sp³-hybridized carbons (Fsp3) is 0.438. The summed E-state index contributed by atoms with van der Waals surface area (Å²) in [6.07, 6.45) is -0.0932. The number of carbonyl (C=O) groups excluding carboxylic acids is 1. The molecule has 0 spiro atoms. The third kappa shape index (κ3) is 2.98. The summed E-state index contributed by atoms with van der Waals surface area (Å²) < 4.78 is 18.5. The molecule has 0 aromatic heterocycles. The monoisotopic (exact) mass is 323 g/mol. The first kappa shape index (κ1) is 15.4. The number of benzene rings is 1. The second kappa shape index (κ2) is 6.30. The van der Waals surface area contributed by atoms with Crippen LogP contribution >= 0.6 is 11.8 Å². The first-order valence-electron chi connectivity index (χ1n) is 7.27. The molecule has 22 heavy (non-hydrogen) atoms. The second-order valence-electron chi connectivity index (χ2n) is 5.50. The maximum absolute atomic E-state index is 13.1. The highest BCUT2D eigenvalue weighted by molar-refractivity contribution is 8.04. The summed E-state index contributed by atoms with van der Waals surface area (Å²) in [5, 5.41) is 9.98. The van der Waals surface area contributed by atoms with E-state index in [1.54, 1.807) is 24.0 Å². The van der Waals surface area contributed by atoms with Gasteiger partial charge >= 0.3 is 0 Å². The number of aliphatic hydroxyl groups is 1. The number of halogens is 1. The number of hydrogen-bond donors (Lipinski definition) is 1. The fourth-order valence-corrected chi connectivity index (χ4v) is 3.76. The second-order valence-corrected chi connectivity index (χ2v) is 6.60. The van der Waals surface area contributed by atoms with Crippen molar-refractivity contribution in [3.05, 3.63) is 46.3 Å². The molecule has 2 aliphatic heterocycles. The summed E-state index contributed by atoms with van der Waals surface area (Å²) in [5.41, 5.74) is 0.839. The minimum absolute atomic E-state index is 0.118. The van der Waals surface area contributed by atoms with Crippen molar-refractivity contribution < 1.29 is 19.0 Å². The molecule has 0 radical (unpaired) electrons. The Balaban J connectivity index is 1.87. The van der Waals surface area contributed by atoms with Crippen LogP contribution in [0, 0.1) is 5.82 Å². The molecule has 0 saturated carbocycles. The zero-order chi connectivity index (χ0) is 15.7. The number of hydrogen-bond acceptors (Lipinski definition) is 4. The van der Waals surface area contributed by atoms with Crippen LogP contribution in [0.5, 0.6) is 0 Å². The largest absolute Gasteiger partial charge is 0.496 e. The van der Waals surface area contributed by atoms with Gasteiger partial charge in [-0.3, -0.25) is 4.79 Å². The summed E-state index contributed by atoms with van der Waals surface area (Å²) in [6.45, 7) is 2.69. The van der Waals surface area contributed by atoms with E-state index in [4.69, 9.17) is 4.74 Å². The smallest absolute Gasteiger partial charge is 0.264 e. The summed E-state index contributed by atoms with van der Waals surface area (Å²) in [6, 6.07) is 5.87. The number of aliphatic hydroxyl groups excluding tert-OH is 1. The van der Waals surface area contributed by atoms with Crippen LogP contribution < -0.4 is 0 Å². The number of rotatable bonds is 2. The highest BCUT2D eigenvalue weighted by Crippen LogP contribution is 2.36. The predicted molar refractivity (Wildman–Crippen MR) is 82.6 cm³/mol. The molecule has 1 fully saturated rings. The molecule has 1 amide bonds. The lowest BCUT2D eigenvalue weighted by Gasteiger charge is -2.27. The average Bonchev–Trinajstić information content (AvgIpc) is 2.90. The van der Waals surface area contributed by atoms with Crippen molar-refractivity contribution in [2.45, 2.75) is 25.5 Å². The van der Waals surface area contributed by atoms with Gasteiger partial charge in [0.1, 0.15) is 16.5 Å². The molecule has 2 atom stereocenters. The van der Waals surface area contributed by atoms with Gasteiger partial charge < -0.3 is 14.7 Å². The SMILES string of the molecule is CC1=C(C(=O)N2C[C@@H](O)C[C@H]2c2ccc(F)cc2)SCCO1. The fourth-order valence-electron chi connectivity index (χ4n) is 2.89. The Hall–Kier alpha value is -1.53. The van der Waals surface area contributed by atoms with Crippen molar-refractivity contribution in [1.29, 1.82) is 0 Å². The number of β-amino-alcohol motifs (C(OH)–C–C–N with tert-alkyl or cyclic N) is 1. The van der Waals surface area contributed by atoms with Gasteiger partial charge in [0.25, 0.3) is 5.91 Å². The van der Waals surface area contributed by atoms with Crippen LogP contribution in [0.15, 0.2) is 34.9 Å². The van der Waals surface area contributed by atoms with E-state index in [0.29, 0.717) is 23.7 Å². The van der Waals surface area contributed by atoms with Gasteiger partial charge in [0.15, 0.2) is 0 Å². The normalized spacial score (nSPS) is 25.3. The third-order valence-corrected chi connectivity index (χ3v) is 5.08. The Morgan fingerprint density at radius 1 is 1.41 bits per heavy atom. The Labute approximate surface area is 132 Å². The van der Waals surface area contributed by atoms with Crippen LogP contribution in [-0.2, 0) is 9.53 Å². The Morgan fingerprint density at radius 2 is 2.14 bits per heavy atom. The molecular formula is C16H18FNO3S. The van der Waals surface area contributed by atoms with Gasteiger partial charge in [0.05, 0.1) is 18.8 Å². The van der Waals surface area contributed by atoms with Crippen molar-refractivity contribution in [3.63, 3.8) is 0 Å². The van der Waals surface area contributed by atoms with E-state index in [2.05, 4.69) is 0 Å². The first-order valence-corrected chi connectivity index (χ1v) is 8.26. The molecule has 4 nitrogen and oxygen atoms in total. The van der Waals surface area contributed by atoms with Crippen LogP contribution in [0.4, 0.5) is 4.39 Å². The van der Waals surface area contributed by atoms with E-state index in [1.807, 2.05) is 0 Å². The molecule has 2 heterocycles. The highest BCUT2D eigenvalue weighted by atomic mass is 32.2. The van der Waals surface area contributed by atoms with Gasteiger partial charge in [-0.25, -0.2) is 4.39 Å². The minimum Gasteiger partial charge on any atom is -0.496 e. The molecular weight excluding hydrogens is 305 g/mol. The van der Waals surface area contributed by atoms with E-state index in [1.165, 1.54) is 23.9 Å². The molecule has 0 unspecified atom stereocenters. The molecule has 2 aliphatic rings. The lowest BCUT2D eigenvalue weighted by atomic mass is 10.0. The number of ether oxygens (including phenoxy) is 1. The van der Waals surface area contributed by atoms with Crippen molar-refractivity contribution in [1.82, 2.24) is 4.90 Å². The van der Waals surface area contributed by atoms with E-state index in [0.717, 1.165) is 11.3 Å². The van der Waals surface area contributed by atoms with Crippen molar-refractivity contribution in [2.75, 3.05) is 18.9 Å². The van der Waals surface area contributed by atoms with Gasteiger partial charge in [0.2, 0.25) is 0 Å². The van der Waals surface area contributed by atoms with E-state index < -0.39 is 6.10 Å². The van der Waals surface area contributed by atoms with E-state index >= 15 is 0 Å². The van der Waals surface area contributed by atoms with Crippen molar-refractivity contribution in [3.8, 4) is 0 Å². The van der Waals surface area contributed by atoms with Crippen LogP contribution in [0.25, 0.3) is 0 Å². The minimum atomic E-state index is -0.561. The Morgan fingerprint density at radius 3 is 2.82 bits per heavy atom.